The van der Waals surface area contributed by atoms with E-state index in [-0.39, 0.29) is 21.5 Å². The first-order chi connectivity index (χ1) is 6.29. The Morgan fingerprint density at radius 1 is 1.45 bits per heavy atom. The predicted molar refractivity (Wildman–Crippen MR) is 47.4 cm³/mol. The van der Waals surface area contributed by atoms with Gasteiger partial charge in [0.15, 0.2) is 0 Å². The average Bonchev–Trinajstić information content (AvgIpc) is 1.97. The zero-order chi connectivity index (χ0) is 10.9. The third kappa shape index (κ3) is 1.70. The Bertz CT molecular complexity index is 354. The second kappa shape index (κ2) is 3.20. The molecule has 0 aliphatic rings. The molecule has 11 heavy (non-hydrogen) atoms. The molecule has 1 aromatic carbocycles. The van der Waals surface area contributed by atoms with Gasteiger partial charge in [0.05, 0.1) is 26.9 Å². The van der Waals surface area contributed by atoms with Gasteiger partial charge in [0, 0.05) is 6.07 Å². The lowest BCUT2D eigenvalue weighted by Crippen LogP contribution is -1.89. The van der Waals surface area contributed by atoms with Crippen LogP contribution in [0.4, 0.5) is 5.69 Å². The molecule has 2 nitrogen and oxygen atoms in total. The van der Waals surface area contributed by atoms with Crippen LogP contribution >= 0.6 is 23.2 Å². The van der Waals surface area contributed by atoms with E-state index in [0.717, 1.165) is 0 Å². The van der Waals surface area contributed by atoms with E-state index in [9.17, 15) is 0 Å². The molecular formula is C7H7Cl2NO. The average molecular weight is 195 g/mol. The Balaban J connectivity index is 3.04. The molecule has 60 valence electrons. The predicted octanol–water partition coefficient (Wildman–Crippen LogP) is 2.58. The van der Waals surface area contributed by atoms with E-state index in [1.807, 2.05) is 0 Å². The van der Waals surface area contributed by atoms with Crippen LogP contribution in [0.3, 0.4) is 0 Å². The van der Waals surface area contributed by atoms with E-state index < -0.39 is 7.04 Å². The van der Waals surface area contributed by atoms with E-state index in [0.29, 0.717) is 0 Å². The maximum atomic E-state index is 6.87. The van der Waals surface area contributed by atoms with Crippen LogP contribution < -0.4 is 10.5 Å². The molecule has 0 aliphatic heterocycles. The van der Waals surface area contributed by atoms with E-state index in [1.165, 1.54) is 12.1 Å². The van der Waals surface area contributed by atoms with Gasteiger partial charge in [-0.3, -0.25) is 0 Å². The van der Waals surface area contributed by atoms with Gasteiger partial charge in [-0.25, -0.2) is 0 Å². The molecule has 0 unspecified atom stereocenters. The minimum absolute atomic E-state index is 0.00596. The van der Waals surface area contributed by atoms with Crippen LogP contribution in [0.2, 0.25) is 10.0 Å². The summed E-state index contributed by atoms with van der Waals surface area (Å²) in [5, 5.41) is 0.369. The van der Waals surface area contributed by atoms with Gasteiger partial charge in [-0.1, -0.05) is 23.2 Å². The monoisotopic (exact) mass is 194 g/mol. The largest absolute Gasteiger partial charge is 0.495 e. The van der Waals surface area contributed by atoms with Crippen molar-refractivity contribution in [1.82, 2.24) is 0 Å². The maximum absolute atomic E-state index is 6.87. The summed E-state index contributed by atoms with van der Waals surface area (Å²) in [5.41, 5.74) is 5.67. The van der Waals surface area contributed by atoms with E-state index >= 15 is 0 Å². The minimum atomic E-state index is -2.55. The van der Waals surface area contributed by atoms with Crippen LogP contribution in [0.25, 0.3) is 0 Å². The zero-order valence-electron chi connectivity index (χ0n) is 8.40. The molecular weight excluding hydrogens is 185 g/mol. The Morgan fingerprint density at radius 2 is 2.18 bits per heavy atom. The molecule has 0 saturated heterocycles. The number of hydrogen-bond acceptors (Lipinski definition) is 2. The normalized spacial score (nSPS) is 14.9. The molecule has 0 saturated carbocycles. The number of methoxy groups -OCH3 is 1. The molecule has 0 radical (unpaired) electrons. The van der Waals surface area contributed by atoms with Crippen molar-refractivity contribution in [2.75, 3.05) is 12.8 Å². The second-order valence-electron chi connectivity index (χ2n) is 1.91. The first kappa shape index (κ1) is 5.12. The number of ether oxygens (including phenoxy) is 1. The lowest BCUT2D eigenvalue weighted by Gasteiger charge is -2.04. The number of hydrogen-bond donors (Lipinski definition) is 1. The van der Waals surface area contributed by atoms with E-state index in [4.69, 9.17) is 33.0 Å². The summed E-state index contributed by atoms with van der Waals surface area (Å²) < 4.78 is 25.2. The SMILES string of the molecule is [2H]C([2H])([2H])Oc1cc(N)c(Cl)cc1Cl. The molecule has 0 aromatic heterocycles. The first-order valence-corrected chi connectivity index (χ1v) is 3.49. The number of halogens is 2. The number of benzene rings is 1. The lowest BCUT2D eigenvalue weighted by atomic mass is 10.3. The van der Waals surface area contributed by atoms with Crippen molar-refractivity contribution in [3.63, 3.8) is 0 Å². The summed E-state index contributed by atoms with van der Waals surface area (Å²) in [7, 11) is -2.55. The molecule has 0 bridgehead atoms. The van der Waals surface area contributed by atoms with Crippen molar-refractivity contribution in [3.05, 3.63) is 22.2 Å². The Kier molecular flexibility index (Phi) is 1.49. The molecule has 0 spiro atoms. The highest BCUT2D eigenvalue weighted by Crippen LogP contribution is 2.31. The third-order valence-corrected chi connectivity index (χ3v) is 1.78. The van der Waals surface area contributed by atoms with Crippen molar-refractivity contribution in [2.24, 2.45) is 0 Å². The molecule has 4 heteroatoms. The lowest BCUT2D eigenvalue weighted by molar-refractivity contribution is 0.415. The van der Waals surface area contributed by atoms with Crippen LogP contribution in [0, 0.1) is 0 Å². The van der Waals surface area contributed by atoms with Crippen molar-refractivity contribution in [1.29, 1.82) is 0 Å². The fourth-order valence-electron chi connectivity index (χ4n) is 0.623. The second-order valence-corrected chi connectivity index (χ2v) is 2.72. The summed E-state index contributed by atoms with van der Waals surface area (Å²) in [6.07, 6.45) is 0. The summed E-state index contributed by atoms with van der Waals surface area (Å²) in [6.45, 7) is 0. The molecule has 0 fully saturated rings. The van der Waals surface area contributed by atoms with Gasteiger partial charge in [-0.15, -0.1) is 0 Å². The Labute approximate surface area is 79.1 Å². The fourth-order valence-corrected chi connectivity index (χ4v) is 1.04. The van der Waals surface area contributed by atoms with Crippen molar-refractivity contribution < 1.29 is 8.85 Å². The summed E-state index contributed by atoms with van der Waals surface area (Å²) in [6, 6.07) is 2.61. The van der Waals surface area contributed by atoms with Gasteiger partial charge >= 0.3 is 0 Å². The maximum Gasteiger partial charge on any atom is 0.139 e. The van der Waals surface area contributed by atoms with Gasteiger partial charge in [0.25, 0.3) is 0 Å². The van der Waals surface area contributed by atoms with Crippen LogP contribution in [-0.4, -0.2) is 7.04 Å². The van der Waals surface area contributed by atoms with E-state index in [2.05, 4.69) is 4.74 Å². The molecule has 1 aromatic rings. The molecule has 2 N–H and O–H groups in total. The van der Waals surface area contributed by atoms with Gasteiger partial charge in [-0.05, 0) is 6.07 Å². The summed E-state index contributed by atoms with van der Waals surface area (Å²) >= 11 is 11.3. The standard InChI is InChI=1S/C7H7Cl2NO/c1-11-7-3-6(10)4(8)2-5(7)9/h2-3H,10H2,1H3/i1D3. The molecule has 0 atom stereocenters. The van der Waals surface area contributed by atoms with Crippen LogP contribution in [0.5, 0.6) is 5.75 Å². The highest BCUT2D eigenvalue weighted by molar-refractivity contribution is 6.37. The Hall–Kier alpha value is -0.600. The highest BCUT2D eigenvalue weighted by Gasteiger charge is 2.03. The molecule has 0 heterocycles. The van der Waals surface area contributed by atoms with Gasteiger partial charge in [0.2, 0.25) is 0 Å². The van der Waals surface area contributed by atoms with Crippen LogP contribution in [-0.2, 0) is 0 Å². The van der Waals surface area contributed by atoms with Crippen molar-refractivity contribution >= 4 is 28.9 Å². The van der Waals surface area contributed by atoms with Crippen LogP contribution in [0.1, 0.15) is 4.11 Å². The number of anilines is 1. The first-order valence-electron chi connectivity index (χ1n) is 4.23. The minimum Gasteiger partial charge on any atom is -0.495 e. The van der Waals surface area contributed by atoms with Gasteiger partial charge in [-0.2, -0.15) is 0 Å². The topological polar surface area (TPSA) is 35.2 Å². The van der Waals surface area contributed by atoms with Gasteiger partial charge < -0.3 is 10.5 Å². The molecule has 0 amide bonds. The summed E-state index contributed by atoms with van der Waals surface area (Å²) in [4.78, 5) is 0. The molecule has 0 aliphatic carbocycles. The highest BCUT2D eigenvalue weighted by atomic mass is 35.5. The number of nitrogens with two attached hydrogens (primary N) is 1. The van der Waals surface area contributed by atoms with Crippen molar-refractivity contribution in [2.45, 2.75) is 0 Å². The number of nitrogen functional groups attached to an aromatic ring is 1. The number of rotatable bonds is 1. The zero-order valence-corrected chi connectivity index (χ0v) is 6.91. The quantitative estimate of drug-likeness (QED) is 0.699. The smallest absolute Gasteiger partial charge is 0.139 e. The van der Waals surface area contributed by atoms with Crippen LogP contribution in [0.15, 0.2) is 12.1 Å². The Morgan fingerprint density at radius 3 is 2.82 bits per heavy atom. The van der Waals surface area contributed by atoms with Crippen molar-refractivity contribution in [3.8, 4) is 5.75 Å². The molecule has 1 rings (SSSR count). The van der Waals surface area contributed by atoms with E-state index in [1.54, 1.807) is 0 Å². The van der Waals surface area contributed by atoms with Gasteiger partial charge in [0.1, 0.15) is 5.75 Å². The fraction of sp³-hybridized carbons (Fsp3) is 0.143. The summed E-state index contributed by atoms with van der Waals surface area (Å²) in [5.74, 6) is -0.00596. The third-order valence-electron chi connectivity index (χ3n) is 1.16.